The van der Waals surface area contributed by atoms with Crippen LogP contribution in [-0.2, 0) is 17.9 Å². The molecule has 0 saturated heterocycles. The quantitative estimate of drug-likeness (QED) is 0.808. The number of benzene rings is 2. The minimum Gasteiger partial charge on any atom is -0.497 e. The number of hydrogen-bond donors (Lipinski definition) is 1. The monoisotopic (exact) mass is 324 g/mol. The van der Waals surface area contributed by atoms with E-state index in [0.717, 1.165) is 16.9 Å². The van der Waals surface area contributed by atoms with Gasteiger partial charge in [0.05, 0.1) is 25.2 Å². The van der Waals surface area contributed by atoms with Crippen LogP contribution in [0.25, 0.3) is 0 Å². The van der Waals surface area contributed by atoms with Gasteiger partial charge >= 0.3 is 5.97 Å². The zero-order valence-corrected chi connectivity index (χ0v) is 13.6. The highest BCUT2D eigenvalue weighted by molar-refractivity contribution is 5.66. The third kappa shape index (κ3) is 5.41. The maximum absolute atomic E-state index is 10.9. The third-order valence-corrected chi connectivity index (χ3v) is 3.64. The predicted octanol–water partition coefficient (Wildman–Crippen LogP) is 3.04. The second-order valence-corrected chi connectivity index (χ2v) is 5.52. The first-order chi connectivity index (χ1) is 11.6. The topological polar surface area (TPSA) is 73.6 Å². The van der Waals surface area contributed by atoms with Crippen LogP contribution >= 0.6 is 0 Å². The highest BCUT2D eigenvalue weighted by Gasteiger charge is 2.10. The van der Waals surface area contributed by atoms with Gasteiger partial charge < -0.3 is 9.84 Å². The van der Waals surface area contributed by atoms with E-state index in [4.69, 9.17) is 15.1 Å². The molecule has 5 nitrogen and oxygen atoms in total. The first kappa shape index (κ1) is 17.5. The molecule has 0 amide bonds. The summed E-state index contributed by atoms with van der Waals surface area (Å²) in [5, 5.41) is 18.0. The molecule has 0 aliphatic carbocycles. The summed E-state index contributed by atoms with van der Waals surface area (Å²) in [6, 6.07) is 17.2. The lowest BCUT2D eigenvalue weighted by Gasteiger charge is -2.22. The van der Waals surface area contributed by atoms with Gasteiger partial charge in [-0.15, -0.1) is 0 Å². The van der Waals surface area contributed by atoms with Crippen LogP contribution in [0, 0.1) is 11.3 Å². The second-order valence-electron chi connectivity index (χ2n) is 5.52. The van der Waals surface area contributed by atoms with Gasteiger partial charge in [0.1, 0.15) is 5.75 Å². The van der Waals surface area contributed by atoms with E-state index in [-0.39, 0.29) is 6.42 Å². The maximum atomic E-state index is 10.9. The third-order valence-electron chi connectivity index (χ3n) is 3.64. The zero-order chi connectivity index (χ0) is 17.4. The van der Waals surface area contributed by atoms with Crippen LogP contribution in [0.4, 0.5) is 0 Å². The average molecular weight is 324 g/mol. The number of aliphatic carboxylic acids is 1. The number of nitriles is 1. The molecule has 1 N–H and O–H groups in total. The van der Waals surface area contributed by atoms with Gasteiger partial charge in [-0.25, -0.2) is 0 Å². The Kier molecular flexibility index (Phi) is 6.35. The van der Waals surface area contributed by atoms with Crippen molar-refractivity contribution in [2.45, 2.75) is 19.5 Å². The number of methoxy groups -OCH3 is 1. The summed E-state index contributed by atoms with van der Waals surface area (Å²) >= 11 is 0. The molecule has 2 aromatic rings. The molecular formula is C19H20N2O3. The fourth-order valence-corrected chi connectivity index (χ4v) is 2.49. The van der Waals surface area contributed by atoms with Crippen molar-refractivity contribution in [3.63, 3.8) is 0 Å². The van der Waals surface area contributed by atoms with Gasteiger partial charge in [-0.3, -0.25) is 9.69 Å². The molecule has 0 fully saturated rings. The molecule has 0 aliphatic heterocycles. The summed E-state index contributed by atoms with van der Waals surface area (Å²) in [5.74, 6) is -0.0476. The number of carboxylic acids is 1. The summed E-state index contributed by atoms with van der Waals surface area (Å²) in [4.78, 5) is 13.0. The fraction of sp³-hybridized carbons (Fsp3) is 0.263. The minimum absolute atomic E-state index is 0.0713. The minimum atomic E-state index is -0.823. The van der Waals surface area contributed by atoms with Gasteiger partial charge in [-0.05, 0) is 35.4 Å². The Hall–Kier alpha value is -2.84. The number of rotatable bonds is 8. The van der Waals surface area contributed by atoms with Crippen LogP contribution < -0.4 is 4.74 Å². The molecule has 0 heterocycles. The van der Waals surface area contributed by atoms with Crippen molar-refractivity contribution in [3.05, 3.63) is 65.2 Å². The Bertz CT molecular complexity index is 737. The molecular weight excluding hydrogens is 304 g/mol. The molecule has 2 rings (SSSR count). The number of nitrogens with zero attached hydrogens (tertiary/aromatic N) is 2. The largest absolute Gasteiger partial charge is 0.497 e. The van der Waals surface area contributed by atoms with Crippen LogP contribution in [-0.4, -0.2) is 29.6 Å². The molecule has 0 radical (unpaired) electrons. The molecule has 0 atom stereocenters. The molecule has 124 valence electrons. The Balaban J connectivity index is 2.13. The SMILES string of the molecule is COc1cccc(CN(CCC(=O)O)Cc2cccc(C#N)c2)c1. The Morgan fingerprint density at radius 2 is 1.83 bits per heavy atom. The van der Waals surface area contributed by atoms with Crippen molar-refractivity contribution in [1.82, 2.24) is 4.90 Å². The molecule has 0 unspecified atom stereocenters. The molecule has 2 aromatic carbocycles. The van der Waals surface area contributed by atoms with Crippen LogP contribution in [0.2, 0.25) is 0 Å². The molecule has 0 aliphatic rings. The number of carbonyl (C=O) groups is 1. The Labute approximate surface area is 141 Å². The Morgan fingerprint density at radius 3 is 2.46 bits per heavy atom. The molecule has 0 aromatic heterocycles. The van der Waals surface area contributed by atoms with Crippen LogP contribution in [0.1, 0.15) is 23.1 Å². The first-order valence-corrected chi connectivity index (χ1v) is 7.67. The standard InChI is InChI=1S/C19H20N2O3/c1-24-18-7-3-6-17(11-18)14-21(9-8-19(22)23)13-16-5-2-4-15(10-16)12-20/h2-7,10-11H,8-9,13-14H2,1H3,(H,22,23). The molecule has 0 spiro atoms. The highest BCUT2D eigenvalue weighted by atomic mass is 16.5. The number of hydrogen-bond acceptors (Lipinski definition) is 4. The van der Waals surface area contributed by atoms with E-state index in [1.54, 1.807) is 13.2 Å². The lowest BCUT2D eigenvalue weighted by molar-refractivity contribution is -0.137. The fourth-order valence-electron chi connectivity index (χ4n) is 2.49. The van der Waals surface area contributed by atoms with E-state index in [2.05, 4.69) is 11.0 Å². The average Bonchev–Trinajstić information content (AvgIpc) is 2.60. The van der Waals surface area contributed by atoms with Crippen LogP contribution in [0.3, 0.4) is 0 Å². The number of carboxylic acid groups (broad SMARTS) is 1. The van der Waals surface area contributed by atoms with Gasteiger partial charge in [-0.1, -0.05) is 24.3 Å². The summed E-state index contributed by atoms with van der Waals surface area (Å²) in [6.45, 7) is 1.63. The van der Waals surface area contributed by atoms with Crippen molar-refractivity contribution >= 4 is 5.97 Å². The van der Waals surface area contributed by atoms with Gasteiger partial charge in [0.2, 0.25) is 0 Å². The maximum Gasteiger partial charge on any atom is 0.304 e. The summed E-state index contributed by atoms with van der Waals surface area (Å²) < 4.78 is 5.23. The van der Waals surface area contributed by atoms with E-state index in [0.29, 0.717) is 25.2 Å². The normalized spacial score (nSPS) is 10.4. The second kappa shape index (κ2) is 8.70. The van der Waals surface area contributed by atoms with Crippen molar-refractivity contribution in [3.8, 4) is 11.8 Å². The Morgan fingerprint density at radius 1 is 1.17 bits per heavy atom. The van der Waals surface area contributed by atoms with E-state index < -0.39 is 5.97 Å². The first-order valence-electron chi connectivity index (χ1n) is 7.67. The van der Waals surface area contributed by atoms with E-state index in [1.165, 1.54) is 0 Å². The van der Waals surface area contributed by atoms with E-state index in [9.17, 15) is 4.79 Å². The summed E-state index contributed by atoms with van der Waals surface area (Å²) in [5.41, 5.74) is 2.64. The van der Waals surface area contributed by atoms with E-state index >= 15 is 0 Å². The highest BCUT2D eigenvalue weighted by Crippen LogP contribution is 2.16. The van der Waals surface area contributed by atoms with Crippen molar-refractivity contribution in [1.29, 1.82) is 5.26 Å². The summed E-state index contributed by atoms with van der Waals surface area (Å²) in [7, 11) is 1.62. The molecule has 24 heavy (non-hydrogen) atoms. The van der Waals surface area contributed by atoms with Crippen LogP contribution in [0.5, 0.6) is 5.75 Å². The predicted molar refractivity (Wildman–Crippen MR) is 90.5 cm³/mol. The molecule has 0 saturated carbocycles. The zero-order valence-electron chi connectivity index (χ0n) is 13.6. The number of ether oxygens (including phenoxy) is 1. The van der Waals surface area contributed by atoms with Gasteiger partial charge in [-0.2, -0.15) is 5.26 Å². The van der Waals surface area contributed by atoms with Crippen molar-refractivity contribution in [2.75, 3.05) is 13.7 Å². The molecule has 5 heteroatoms. The smallest absolute Gasteiger partial charge is 0.304 e. The van der Waals surface area contributed by atoms with Gasteiger partial charge in [0.25, 0.3) is 0 Å². The molecule has 0 bridgehead atoms. The van der Waals surface area contributed by atoms with Gasteiger partial charge in [0.15, 0.2) is 0 Å². The lowest BCUT2D eigenvalue weighted by atomic mass is 10.1. The van der Waals surface area contributed by atoms with Crippen molar-refractivity contribution < 1.29 is 14.6 Å². The van der Waals surface area contributed by atoms with Crippen LogP contribution in [0.15, 0.2) is 48.5 Å². The lowest BCUT2D eigenvalue weighted by Crippen LogP contribution is -2.25. The summed E-state index contributed by atoms with van der Waals surface area (Å²) in [6.07, 6.45) is 0.0713. The van der Waals surface area contributed by atoms with E-state index in [1.807, 2.05) is 42.5 Å². The van der Waals surface area contributed by atoms with Gasteiger partial charge in [0, 0.05) is 19.6 Å². The van der Waals surface area contributed by atoms with Crippen molar-refractivity contribution in [2.24, 2.45) is 0 Å².